The van der Waals surface area contributed by atoms with Crippen LogP contribution in [-0.2, 0) is 0 Å². The van der Waals surface area contributed by atoms with Crippen LogP contribution in [0.25, 0.3) is 11.3 Å². The van der Waals surface area contributed by atoms with Gasteiger partial charge in [-0.15, -0.1) is 0 Å². The summed E-state index contributed by atoms with van der Waals surface area (Å²) in [7, 11) is 1.44. The fourth-order valence-corrected chi connectivity index (χ4v) is 1.79. The summed E-state index contributed by atoms with van der Waals surface area (Å²) in [4.78, 5) is 8.57. The molecule has 1 aromatic carbocycles. The standard InChI is InChI=1S/C14H16FN3O/c1-4-16-14-17-8-9(2)13(18-14)10-5-6-12(19-3)11(15)7-10/h5-8H,4H2,1-3H3,(H,16,17,18). The summed E-state index contributed by atoms with van der Waals surface area (Å²) in [6.45, 7) is 4.60. The van der Waals surface area contributed by atoms with E-state index in [1.54, 1.807) is 18.3 Å². The van der Waals surface area contributed by atoms with Gasteiger partial charge in [0.1, 0.15) is 0 Å². The lowest BCUT2D eigenvalue weighted by Gasteiger charge is -2.09. The summed E-state index contributed by atoms with van der Waals surface area (Å²) in [5.41, 5.74) is 2.32. The predicted molar refractivity (Wildman–Crippen MR) is 72.9 cm³/mol. The Morgan fingerprint density at radius 1 is 1.37 bits per heavy atom. The number of benzene rings is 1. The van der Waals surface area contributed by atoms with Crippen LogP contribution in [0.2, 0.25) is 0 Å². The van der Waals surface area contributed by atoms with Crippen LogP contribution < -0.4 is 10.1 Å². The number of aromatic nitrogens is 2. The van der Waals surface area contributed by atoms with Crippen molar-refractivity contribution in [1.82, 2.24) is 9.97 Å². The second-order valence-corrected chi connectivity index (χ2v) is 4.10. The van der Waals surface area contributed by atoms with E-state index in [1.165, 1.54) is 13.2 Å². The van der Waals surface area contributed by atoms with E-state index >= 15 is 0 Å². The van der Waals surface area contributed by atoms with Crippen molar-refractivity contribution in [1.29, 1.82) is 0 Å². The van der Waals surface area contributed by atoms with E-state index in [-0.39, 0.29) is 5.75 Å². The van der Waals surface area contributed by atoms with Crippen molar-refractivity contribution >= 4 is 5.95 Å². The molecule has 0 aliphatic rings. The first kappa shape index (κ1) is 13.3. The maximum Gasteiger partial charge on any atom is 0.223 e. The smallest absolute Gasteiger partial charge is 0.223 e. The van der Waals surface area contributed by atoms with Crippen molar-refractivity contribution in [2.75, 3.05) is 19.0 Å². The van der Waals surface area contributed by atoms with Gasteiger partial charge in [-0.2, -0.15) is 0 Å². The monoisotopic (exact) mass is 261 g/mol. The third kappa shape index (κ3) is 2.81. The second-order valence-electron chi connectivity index (χ2n) is 4.10. The maximum atomic E-state index is 13.7. The number of ether oxygens (including phenoxy) is 1. The molecule has 19 heavy (non-hydrogen) atoms. The third-order valence-corrected chi connectivity index (χ3v) is 2.73. The van der Waals surface area contributed by atoms with E-state index in [1.807, 2.05) is 13.8 Å². The van der Waals surface area contributed by atoms with Crippen molar-refractivity contribution in [2.24, 2.45) is 0 Å². The van der Waals surface area contributed by atoms with Gasteiger partial charge >= 0.3 is 0 Å². The van der Waals surface area contributed by atoms with Gasteiger partial charge in [-0.25, -0.2) is 14.4 Å². The minimum Gasteiger partial charge on any atom is -0.494 e. The Morgan fingerprint density at radius 2 is 2.16 bits per heavy atom. The number of halogens is 1. The van der Waals surface area contributed by atoms with E-state index in [0.29, 0.717) is 17.2 Å². The summed E-state index contributed by atoms with van der Waals surface area (Å²) >= 11 is 0. The normalized spacial score (nSPS) is 10.3. The van der Waals surface area contributed by atoms with Gasteiger partial charge in [-0.3, -0.25) is 0 Å². The van der Waals surface area contributed by atoms with Gasteiger partial charge in [-0.05, 0) is 37.6 Å². The molecule has 4 nitrogen and oxygen atoms in total. The summed E-state index contributed by atoms with van der Waals surface area (Å²) < 4.78 is 18.6. The molecule has 0 saturated carbocycles. The minimum absolute atomic E-state index is 0.224. The molecule has 1 heterocycles. The van der Waals surface area contributed by atoms with Crippen molar-refractivity contribution in [3.8, 4) is 17.0 Å². The van der Waals surface area contributed by atoms with Gasteiger partial charge < -0.3 is 10.1 Å². The molecule has 0 radical (unpaired) electrons. The van der Waals surface area contributed by atoms with Crippen molar-refractivity contribution in [2.45, 2.75) is 13.8 Å². The zero-order valence-electron chi connectivity index (χ0n) is 11.2. The zero-order valence-corrected chi connectivity index (χ0v) is 11.2. The predicted octanol–water partition coefficient (Wildman–Crippen LogP) is 3.03. The van der Waals surface area contributed by atoms with Gasteiger partial charge in [0.25, 0.3) is 0 Å². The van der Waals surface area contributed by atoms with Crippen LogP contribution in [0.1, 0.15) is 12.5 Å². The number of nitrogens with zero attached hydrogens (tertiary/aromatic N) is 2. The highest BCUT2D eigenvalue weighted by Gasteiger charge is 2.10. The highest BCUT2D eigenvalue weighted by Crippen LogP contribution is 2.26. The minimum atomic E-state index is -0.400. The van der Waals surface area contributed by atoms with E-state index in [0.717, 1.165) is 12.1 Å². The number of hydrogen-bond acceptors (Lipinski definition) is 4. The SMILES string of the molecule is CCNc1ncc(C)c(-c2ccc(OC)c(F)c2)n1. The van der Waals surface area contributed by atoms with E-state index < -0.39 is 5.82 Å². The fraction of sp³-hybridized carbons (Fsp3) is 0.286. The molecule has 0 atom stereocenters. The summed E-state index contributed by atoms with van der Waals surface area (Å²) in [5.74, 6) is 0.365. The highest BCUT2D eigenvalue weighted by molar-refractivity contribution is 5.64. The molecule has 2 rings (SSSR count). The number of rotatable bonds is 4. The zero-order chi connectivity index (χ0) is 13.8. The van der Waals surface area contributed by atoms with Crippen LogP contribution in [0.5, 0.6) is 5.75 Å². The molecule has 0 fully saturated rings. The number of nitrogens with one attached hydrogen (secondary N) is 1. The average Bonchev–Trinajstić information content (AvgIpc) is 2.41. The van der Waals surface area contributed by atoms with Crippen molar-refractivity contribution in [3.05, 3.63) is 35.8 Å². The number of hydrogen-bond donors (Lipinski definition) is 1. The van der Waals surface area contributed by atoms with Gasteiger partial charge in [0.15, 0.2) is 11.6 Å². The van der Waals surface area contributed by atoms with Crippen LogP contribution >= 0.6 is 0 Å². The Labute approximate surface area is 111 Å². The topological polar surface area (TPSA) is 47.0 Å². The Bertz CT molecular complexity index is 587. The second kappa shape index (κ2) is 5.65. The molecular formula is C14H16FN3O. The van der Waals surface area contributed by atoms with E-state index in [9.17, 15) is 4.39 Å². The highest BCUT2D eigenvalue weighted by atomic mass is 19.1. The van der Waals surface area contributed by atoms with Gasteiger partial charge in [0.2, 0.25) is 5.95 Å². The number of aryl methyl sites for hydroxylation is 1. The van der Waals surface area contributed by atoms with Crippen LogP contribution in [0, 0.1) is 12.7 Å². The van der Waals surface area contributed by atoms with E-state index in [4.69, 9.17) is 4.74 Å². The summed E-state index contributed by atoms with van der Waals surface area (Å²) in [6.07, 6.45) is 1.72. The first-order valence-corrected chi connectivity index (χ1v) is 6.07. The lowest BCUT2D eigenvalue weighted by molar-refractivity contribution is 0.386. The summed E-state index contributed by atoms with van der Waals surface area (Å²) in [6, 6.07) is 4.80. The van der Waals surface area contributed by atoms with Crippen molar-refractivity contribution < 1.29 is 9.13 Å². The maximum absolute atomic E-state index is 13.7. The molecule has 1 N–H and O–H groups in total. The fourth-order valence-electron chi connectivity index (χ4n) is 1.79. The largest absolute Gasteiger partial charge is 0.494 e. The Balaban J connectivity index is 2.45. The van der Waals surface area contributed by atoms with E-state index in [2.05, 4.69) is 15.3 Å². The average molecular weight is 261 g/mol. The molecule has 2 aromatic rings. The molecule has 0 saturated heterocycles. The molecule has 0 unspecified atom stereocenters. The number of anilines is 1. The van der Waals surface area contributed by atoms with Crippen LogP contribution in [0.3, 0.4) is 0 Å². The Kier molecular flexibility index (Phi) is 3.94. The first-order chi connectivity index (χ1) is 9.15. The summed E-state index contributed by atoms with van der Waals surface area (Å²) in [5, 5.41) is 3.04. The Hall–Kier alpha value is -2.17. The van der Waals surface area contributed by atoms with Gasteiger partial charge in [-0.1, -0.05) is 0 Å². The number of methoxy groups -OCH3 is 1. The lowest BCUT2D eigenvalue weighted by Crippen LogP contribution is -2.03. The molecule has 0 amide bonds. The van der Waals surface area contributed by atoms with Crippen LogP contribution in [0.15, 0.2) is 24.4 Å². The molecule has 1 aromatic heterocycles. The molecule has 0 spiro atoms. The quantitative estimate of drug-likeness (QED) is 0.919. The molecule has 0 bridgehead atoms. The van der Waals surface area contributed by atoms with Crippen molar-refractivity contribution in [3.63, 3.8) is 0 Å². The molecule has 0 aliphatic carbocycles. The van der Waals surface area contributed by atoms with Gasteiger partial charge in [0, 0.05) is 18.3 Å². The third-order valence-electron chi connectivity index (χ3n) is 2.73. The first-order valence-electron chi connectivity index (χ1n) is 6.07. The molecule has 100 valence electrons. The molecule has 5 heteroatoms. The van der Waals surface area contributed by atoms with Crippen LogP contribution in [0.4, 0.5) is 10.3 Å². The Morgan fingerprint density at radius 3 is 2.79 bits per heavy atom. The molecule has 0 aliphatic heterocycles. The molecular weight excluding hydrogens is 245 g/mol. The van der Waals surface area contributed by atoms with Gasteiger partial charge in [0.05, 0.1) is 12.8 Å². The lowest BCUT2D eigenvalue weighted by atomic mass is 10.1. The van der Waals surface area contributed by atoms with Crippen LogP contribution in [-0.4, -0.2) is 23.6 Å².